The van der Waals surface area contributed by atoms with E-state index < -0.39 is 9.84 Å². The largest absolute Gasteiger partial charge is 0.325 e. The summed E-state index contributed by atoms with van der Waals surface area (Å²) < 4.78 is 23.3. The number of hydrogen-bond donors (Lipinski definition) is 2. The molecule has 2 rings (SSSR count). The van der Waals surface area contributed by atoms with Crippen molar-refractivity contribution >= 4 is 33.2 Å². The van der Waals surface area contributed by atoms with Gasteiger partial charge in [0, 0.05) is 17.3 Å². The minimum absolute atomic E-state index is 0.0714. The fraction of sp³-hybridized carbons (Fsp3) is 0.417. The van der Waals surface area contributed by atoms with Crippen LogP contribution in [-0.4, -0.2) is 37.7 Å². The lowest BCUT2D eigenvalue weighted by Crippen LogP contribution is -2.37. The van der Waals surface area contributed by atoms with E-state index in [0.29, 0.717) is 5.69 Å². The van der Waals surface area contributed by atoms with Crippen LogP contribution in [0.1, 0.15) is 6.92 Å². The van der Waals surface area contributed by atoms with E-state index in [2.05, 4.69) is 10.6 Å². The van der Waals surface area contributed by atoms with Crippen LogP contribution in [0.2, 0.25) is 0 Å². The summed E-state index contributed by atoms with van der Waals surface area (Å²) in [5.74, 6) is 1.53. The molecule has 1 fully saturated rings. The van der Waals surface area contributed by atoms with Crippen molar-refractivity contribution in [1.29, 1.82) is 0 Å². The Hall–Kier alpha value is -1.05. The number of carbonyl (C=O) groups is 1. The van der Waals surface area contributed by atoms with E-state index in [4.69, 9.17) is 0 Å². The quantitative estimate of drug-likeness (QED) is 0.870. The number of rotatable bonds is 4. The molecule has 0 bridgehead atoms. The van der Waals surface area contributed by atoms with Gasteiger partial charge in [0.05, 0.1) is 16.7 Å². The molecule has 0 aromatic heterocycles. The van der Waals surface area contributed by atoms with Crippen LogP contribution >= 0.6 is 11.8 Å². The van der Waals surface area contributed by atoms with E-state index >= 15 is 0 Å². The van der Waals surface area contributed by atoms with Crippen LogP contribution in [0.25, 0.3) is 0 Å². The highest BCUT2D eigenvalue weighted by atomic mass is 32.2. The average Bonchev–Trinajstić information content (AvgIpc) is 2.93. The molecule has 0 saturated carbocycles. The van der Waals surface area contributed by atoms with Gasteiger partial charge in [-0.2, -0.15) is 0 Å². The third kappa shape index (κ3) is 3.49. The monoisotopic (exact) mass is 300 g/mol. The number of benzene rings is 1. The average molecular weight is 300 g/mol. The standard InChI is InChI=1S/C12H16N2O3S2/c1-2-19(16,17)10-5-3-9(4-6-10)14-12(15)11-7-18-8-13-11/h3-6,11,13H,2,7-8H2,1H3,(H,14,15). The van der Waals surface area contributed by atoms with Crippen molar-refractivity contribution in [2.24, 2.45) is 0 Å². The maximum atomic E-state index is 11.8. The Kier molecular flexibility index (Phi) is 4.49. The van der Waals surface area contributed by atoms with Gasteiger partial charge < -0.3 is 5.32 Å². The summed E-state index contributed by atoms with van der Waals surface area (Å²) in [5.41, 5.74) is 0.610. The van der Waals surface area contributed by atoms with Crippen molar-refractivity contribution in [3.8, 4) is 0 Å². The fourth-order valence-electron chi connectivity index (χ4n) is 1.71. The van der Waals surface area contributed by atoms with Crippen LogP contribution in [0, 0.1) is 0 Å². The number of carbonyl (C=O) groups excluding carboxylic acids is 1. The minimum Gasteiger partial charge on any atom is -0.325 e. The Morgan fingerprint density at radius 3 is 2.63 bits per heavy atom. The predicted molar refractivity (Wildman–Crippen MR) is 77.0 cm³/mol. The Bertz CT molecular complexity index is 549. The predicted octanol–water partition coefficient (Wildman–Crippen LogP) is 1.08. The third-order valence-corrected chi connectivity index (χ3v) is 5.58. The van der Waals surface area contributed by atoms with Crippen molar-refractivity contribution in [3.05, 3.63) is 24.3 Å². The van der Waals surface area contributed by atoms with Crippen molar-refractivity contribution in [2.45, 2.75) is 17.9 Å². The van der Waals surface area contributed by atoms with Crippen LogP contribution < -0.4 is 10.6 Å². The van der Waals surface area contributed by atoms with Crippen molar-refractivity contribution in [2.75, 3.05) is 22.7 Å². The number of amides is 1. The summed E-state index contributed by atoms with van der Waals surface area (Å²) in [4.78, 5) is 12.1. The lowest BCUT2D eigenvalue weighted by molar-refractivity contribution is -0.117. The summed E-state index contributed by atoms with van der Waals surface area (Å²) in [6, 6.07) is 6.09. The van der Waals surface area contributed by atoms with E-state index in [1.807, 2.05) is 0 Å². The molecule has 0 spiro atoms. The Labute approximate surface area is 117 Å². The number of hydrogen-bond acceptors (Lipinski definition) is 5. The highest BCUT2D eigenvalue weighted by molar-refractivity contribution is 7.99. The lowest BCUT2D eigenvalue weighted by Gasteiger charge is -2.10. The number of nitrogens with one attached hydrogen (secondary N) is 2. The molecule has 1 unspecified atom stereocenters. The molecule has 1 aliphatic heterocycles. The third-order valence-electron chi connectivity index (χ3n) is 2.89. The first-order valence-corrected chi connectivity index (χ1v) is 8.78. The number of anilines is 1. The van der Waals surface area contributed by atoms with Crippen molar-refractivity contribution < 1.29 is 13.2 Å². The molecule has 104 valence electrons. The van der Waals surface area contributed by atoms with Crippen LogP contribution in [0.5, 0.6) is 0 Å². The van der Waals surface area contributed by atoms with Crippen LogP contribution in [0.3, 0.4) is 0 Å². The van der Waals surface area contributed by atoms with Gasteiger partial charge in [-0.05, 0) is 24.3 Å². The molecule has 1 atom stereocenters. The minimum atomic E-state index is -3.19. The Morgan fingerprint density at radius 2 is 2.11 bits per heavy atom. The molecule has 5 nitrogen and oxygen atoms in total. The number of sulfone groups is 1. The molecule has 1 aromatic carbocycles. The molecule has 1 aliphatic rings. The fourth-order valence-corrected chi connectivity index (χ4v) is 3.53. The number of thioether (sulfide) groups is 1. The van der Waals surface area contributed by atoms with E-state index in [0.717, 1.165) is 11.6 Å². The van der Waals surface area contributed by atoms with Crippen LogP contribution in [0.4, 0.5) is 5.69 Å². The van der Waals surface area contributed by atoms with Gasteiger partial charge in [-0.1, -0.05) is 6.92 Å². The summed E-state index contributed by atoms with van der Waals surface area (Å²) in [7, 11) is -3.19. The molecule has 1 saturated heterocycles. The molecular weight excluding hydrogens is 284 g/mol. The summed E-state index contributed by atoms with van der Waals surface area (Å²) in [6.07, 6.45) is 0. The molecule has 0 aliphatic carbocycles. The first-order valence-electron chi connectivity index (χ1n) is 5.98. The first-order chi connectivity index (χ1) is 9.03. The zero-order chi connectivity index (χ0) is 13.9. The Balaban J connectivity index is 2.04. The van der Waals surface area contributed by atoms with E-state index in [1.165, 1.54) is 12.1 Å². The zero-order valence-electron chi connectivity index (χ0n) is 10.5. The SMILES string of the molecule is CCS(=O)(=O)c1ccc(NC(=O)C2CSCN2)cc1. The van der Waals surface area contributed by atoms with Crippen molar-refractivity contribution in [3.63, 3.8) is 0 Å². The molecular formula is C12H16N2O3S2. The molecule has 0 radical (unpaired) electrons. The van der Waals surface area contributed by atoms with E-state index in [9.17, 15) is 13.2 Å². The first kappa shape index (κ1) is 14.4. The molecule has 2 N–H and O–H groups in total. The van der Waals surface area contributed by atoms with Gasteiger partial charge >= 0.3 is 0 Å². The van der Waals surface area contributed by atoms with Crippen molar-refractivity contribution in [1.82, 2.24) is 5.32 Å². The smallest absolute Gasteiger partial charge is 0.242 e. The molecule has 19 heavy (non-hydrogen) atoms. The van der Waals surface area contributed by atoms with Gasteiger partial charge in [-0.3, -0.25) is 10.1 Å². The van der Waals surface area contributed by atoms with Gasteiger partial charge in [0.15, 0.2) is 9.84 Å². The van der Waals surface area contributed by atoms with Gasteiger partial charge in [-0.15, -0.1) is 11.8 Å². The van der Waals surface area contributed by atoms with Gasteiger partial charge in [0.25, 0.3) is 0 Å². The van der Waals surface area contributed by atoms with Crippen LogP contribution in [0.15, 0.2) is 29.2 Å². The van der Waals surface area contributed by atoms with Crippen LogP contribution in [-0.2, 0) is 14.6 Å². The molecule has 1 aromatic rings. The highest BCUT2D eigenvalue weighted by Crippen LogP contribution is 2.16. The Morgan fingerprint density at radius 1 is 1.42 bits per heavy atom. The normalized spacial score (nSPS) is 19.3. The zero-order valence-corrected chi connectivity index (χ0v) is 12.2. The van der Waals surface area contributed by atoms with Gasteiger partial charge in [-0.25, -0.2) is 8.42 Å². The second kappa shape index (κ2) is 5.94. The highest BCUT2D eigenvalue weighted by Gasteiger charge is 2.22. The second-order valence-corrected chi connectivity index (χ2v) is 7.50. The maximum absolute atomic E-state index is 11.8. The van der Waals surface area contributed by atoms with Gasteiger partial charge in [0.1, 0.15) is 0 Å². The second-order valence-electron chi connectivity index (χ2n) is 4.19. The summed E-state index contributed by atoms with van der Waals surface area (Å²) >= 11 is 1.68. The van der Waals surface area contributed by atoms with Gasteiger partial charge in [0.2, 0.25) is 5.91 Å². The van der Waals surface area contributed by atoms with E-state index in [1.54, 1.807) is 30.8 Å². The molecule has 7 heteroatoms. The summed E-state index contributed by atoms with van der Waals surface area (Å²) in [6.45, 7) is 1.61. The molecule has 1 amide bonds. The lowest BCUT2D eigenvalue weighted by atomic mass is 10.2. The maximum Gasteiger partial charge on any atom is 0.242 e. The topological polar surface area (TPSA) is 75.3 Å². The summed E-state index contributed by atoms with van der Waals surface area (Å²) in [5, 5.41) is 5.85. The molecule has 1 heterocycles. The van der Waals surface area contributed by atoms with E-state index in [-0.39, 0.29) is 22.6 Å².